The van der Waals surface area contributed by atoms with E-state index in [9.17, 15) is 19.7 Å². The molecular formula is C21H24N2O6. The number of ether oxygens (including phenoxy) is 1. The Labute approximate surface area is 168 Å². The Kier molecular flexibility index (Phi) is 6.31. The van der Waals surface area contributed by atoms with Crippen LogP contribution in [0.25, 0.3) is 11.3 Å². The van der Waals surface area contributed by atoms with E-state index in [4.69, 9.17) is 9.15 Å². The third-order valence-corrected chi connectivity index (χ3v) is 5.56. The first-order valence-corrected chi connectivity index (χ1v) is 9.66. The third-order valence-electron chi connectivity index (χ3n) is 5.56. The number of furan rings is 1. The molecule has 1 aliphatic carbocycles. The van der Waals surface area contributed by atoms with Gasteiger partial charge in [-0.2, -0.15) is 0 Å². The van der Waals surface area contributed by atoms with Gasteiger partial charge in [0.25, 0.3) is 11.6 Å². The van der Waals surface area contributed by atoms with Gasteiger partial charge in [-0.1, -0.05) is 26.7 Å². The molecule has 0 aliphatic heterocycles. The lowest BCUT2D eigenvalue weighted by Crippen LogP contribution is -2.45. The molecule has 1 aromatic heterocycles. The summed E-state index contributed by atoms with van der Waals surface area (Å²) in [6.45, 7) is 3.94. The van der Waals surface area contributed by atoms with Gasteiger partial charge in [0.2, 0.25) is 5.76 Å². The van der Waals surface area contributed by atoms with Gasteiger partial charge in [-0.05, 0) is 42.5 Å². The van der Waals surface area contributed by atoms with Crippen LogP contribution in [0, 0.1) is 22.0 Å². The summed E-state index contributed by atoms with van der Waals surface area (Å²) >= 11 is 0. The minimum atomic E-state index is -0.738. The molecule has 0 unspecified atom stereocenters. The molecule has 2 aromatic rings. The van der Waals surface area contributed by atoms with Gasteiger partial charge in [0.05, 0.1) is 4.92 Å². The Balaban J connectivity index is 1.53. The lowest BCUT2D eigenvalue weighted by molar-refractivity contribution is -0.384. The third kappa shape index (κ3) is 5.01. The number of nitrogens with one attached hydrogen (secondary N) is 1. The number of hydrogen-bond acceptors (Lipinski definition) is 6. The minimum absolute atomic E-state index is 0.0346. The number of carbonyl (C=O) groups is 2. The van der Waals surface area contributed by atoms with E-state index in [0.29, 0.717) is 23.2 Å². The van der Waals surface area contributed by atoms with E-state index >= 15 is 0 Å². The van der Waals surface area contributed by atoms with Crippen LogP contribution in [0.3, 0.4) is 0 Å². The summed E-state index contributed by atoms with van der Waals surface area (Å²) in [5, 5.41) is 13.7. The van der Waals surface area contributed by atoms with E-state index in [1.165, 1.54) is 30.3 Å². The van der Waals surface area contributed by atoms with E-state index in [1.807, 2.05) is 0 Å². The van der Waals surface area contributed by atoms with Crippen LogP contribution in [-0.2, 0) is 9.53 Å². The maximum atomic E-state index is 12.2. The predicted octanol–water partition coefficient (Wildman–Crippen LogP) is 3.95. The van der Waals surface area contributed by atoms with Crippen molar-refractivity contribution >= 4 is 17.6 Å². The molecule has 8 nitrogen and oxygen atoms in total. The van der Waals surface area contributed by atoms with Crippen molar-refractivity contribution in [1.82, 2.24) is 5.32 Å². The smallest absolute Gasteiger partial charge is 0.374 e. The molecule has 1 heterocycles. The van der Waals surface area contributed by atoms with Crippen LogP contribution in [-0.4, -0.2) is 29.4 Å². The number of non-ortho nitro benzene ring substituents is 1. The number of amides is 1. The van der Waals surface area contributed by atoms with E-state index in [-0.39, 0.29) is 30.0 Å². The summed E-state index contributed by atoms with van der Waals surface area (Å²) in [5.74, 6) is 0.215. The number of nitrogens with zero attached hydrogens (tertiary/aromatic N) is 1. The van der Waals surface area contributed by atoms with Crippen LogP contribution in [0.2, 0.25) is 0 Å². The van der Waals surface area contributed by atoms with Crippen molar-refractivity contribution in [3.8, 4) is 11.3 Å². The number of carbonyl (C=O) groups excluding carboxylic acids is 2. The number of nitro benzene ring substituents is 1. The van der Waals surface area contributed by atoms with E-state index in [1.54, 1.807) is 6.07 Å². The van der Waals surface area contributed by atoms with E-state index < -0.39 is 10.9 Å². The molecule has 1 amide bonds. The normalized spacial score (nSPS) is 21.4. The first-order valence-electron chi connectivity index (χ1n) is 9.66. The van der Waals surface area contributed by atoms with Gasteiger partial charge in [-0.15, -0.1) is 0 Å². The van der Waals surface area contributed by atoms with E-state index in [2.05, 4.69) is 19.2 Å². The fourth-order valence-electron chi connectivity index (χ4n) is 3.59. The summed E-state index contributed by atoms with van der Waals surface area (Å²) < 4.78 is 10.5. The predicted molar refractivity (Wildman–Crippen MR) is 105 cm³/mol. The largest absolute Gasteiger partial charge is 0.450 e. The quantitative estimate of drug-likeness (QED) is 0.446. The van der Waals surface area contributed by atoms with Gasteiger partial charge in [-0.3, -0.25) is 14.9 Å². The lowest BCUT2D eigenvalue weighted by atomic mass is 9.78. The second kappa shape index (κ2) is 8.89. The number of hydrogen-bond donors (Lipinski definition) is 1. The van der Waals surface area contributed by atoms with Crippen molar-refractivity contribution in [2.45, 2.75) is 39.2 Å². The average molecular weight is 400 g/mol. The molecule has 1 N–H and O–H groups in total. The number of rotatable bonds is 6. The highest BCUT2D eigenvalue weighted by atomic mass is 16.6. The first kappa shape index (κ1) is 20.6. The van der Waals surface area contributed by atoms with Crippen LogP contribution in [0.15, 0.2) is 40.8 Å². The zero-order chi connectivity index (χ0) is 21.0. The molecule has 8 heteroatoms. The van der Waals surface area contributed by atoms with Crippen LogP contribution in [0.5, 0.6) is 0 Å². The second-order valence-electron chi connectivity index (χ2n) is 7.49. The molecule has 1 fully saturated rings. The highest BCUT2D eigenvalue weighted by molar-refractivity contribution is 5.89. The van der Waals surface area contributed by atoms with Gasteiger partial charge >= 0.3 is 5.97 Å². The molecule has 1 aromatic carbocycles. The fraction of sp³-hybridized carbons (Fsp3) is 0.429. The molecule has 1 aliphatic rings. The topological polar surface area (TPSA) is 112 Å². The van der Waals surface area contributed by atoms with Crippen LogP contribution in [0.4, 0.5) is 5.69 Å². The Morgan fingerprint density at radius 1 is 1.17 bits per heavy atom. The average Bonchev–Trinajstić information content (AvgIpc) is 3.20. The standard InChI is InChI=1S/C21H24N2O6/c1-13-4-3-5-17(14(13)2)22-20(24)12-28-21(25)19-11-10-18(29-19)15-6-8-16(9-7-15)23(26)27/h6-11,13-14,17H,3-5,12H2,1-2H3,(H,22,24)/t13-,14+,17-/m0/s1. The lowest BCUT2D eigenvalue weighted by Gasteiger charge is -2.34. The maximum Gasteiger partial charge on any atom is 0.374 e. The monoisotopic (exact) mass is 400 g/mol. The van der Waals surface area contributed by atoms with Gasteiger partial charge in [-0.25, -0.2) is 4.79 Å². The van der Waals surface area contributed by atoms with Gasteiger partial charge in [0.1, 0.15) is 5.76 Å². The second-order valence-corrected chi connectivity index (χ2v) is 7.49. The number of benzene rings is 1. The van der Waals surface area contributed by atoms with Gasteiger partial charge < -0.3 is 14.5 Å². The number of nitro groups is 1. The molecule has 1 saturated carbocycles. The van der Waals surface area contributed by atoms with Crippen molar-refractivity contribution < 1.29 is 23.7 Å². The molecule has 0 radical (unpaired) electrons. The summed E-state index contributed by atoms with van der Waals surface area (Å²) in [4.78, 5) is 34.5. The Bertz CT molecular complexity index is 889. The van der Waals surface area contributed by atoms with Gasteiger partial charge in [0.15, 0.2) is 6.61 Å². The van der Waals surface area contributed by atoms with Gasteiger partial charge in [0, 0.05) is 23.7 Å². The van der Waals surface area contributed by atoms with Crippen LogP contribution >= 0.6 is 0 Å². The van der Waals surface area contributed by atoms with Crippen LogP contribution < -0.4 is 5.32 Å². The van der Waals surface area contributed by atoms with Crippen molar-refractivity contribution in [2.24, 2.45) is 11.8 Å². The maximum absolute atomic E-state index is 12.2. The van der Waals surface area contributed by atoms with Crippen molar-refractivity contribution in [2.75, 3.05) is 6.61 Å². The highest BCUT2D eigenvalue weighted by Gasteiger charge is 2.28. The summed E-state index contributed by atoms with van der Waals surface area (Å²) in [5.41, 5.74) is 0.556. The summed E-state index contributed by atoms with van der Waals surface area (Å²) in [6, 6.07) is 8.89. The molecular weight excluding hydrogens is 376 g/mol. The van der Waals surface area contributed by atoms with E-state index in [0.717, 1.165) is 19.3 Å². The SMILES string of the molecule is C[C@H]1[C@@H](NC(=O)COC(=O)c2ccc(-c3ccc([N+](=O)[O-])cc3)o2)CCC[C@@H]1C. The molecule has 29 heavy (non-hydrogen) atoms. The van der Waals surface area contributed by atoms with Crippen molar-refractivity contribution in [3.63, 3.8) is 0 Å². The zero-order valence-corrected chi connectivity index (χ0v) is 16.4. The zero-order valence-electron chi connectivity index (χ0n) is 16.4. The highest BCUT2D eigenvalue weighted by Crippen LogP contribution is 2.29. The van der Waals surface area contributed by atoms with Crippen LogP contribution in [0.1, 0.15) is 43.7 Å². The molecule has 0 bridgehead atoms. The minimum Gasteiger partial charge on any atom is -0.450 e. The van der Waals surface area contributed by atoms with Crippen molar-refractivity contribution in [1.29, 1.82) is 0 Å². The Hall–Kier alpha value is -3.16. The summed E-state index contributed by atoms with van der Waals surface area (Å²) in [6.07, 6.45) is 3.17. The Morgan fingerprint density at radius 3 is 2.59 bits per heavy atom. The molecule has 0 saturated heterocycles. The Morgan fingerprint density at radius 2 is 1.90 bits per heavy atom. The molecule has 0 spiro atoms. The van der Waals surface area contributed by atoms with Crippen molar-refractivity contribution in [3.05, 3.63) is 52.3 Å². The summed E-state index contributed by atoms with van der Waals surface area (Å²) in [7, 11) is 0. The first-order chi connectivity index (χ1) is 13.8. The fourth-order valence-corrected chi connectivity index (χ4v) is 3.59. The number of esters is 1. The molecule has 154 valence electrons. The molecule has 3 rings (SSSR count). The molecule has 3 atom stereocenters.